The fourth-order valence-electron chi connectivity index (χ4n) is 2.88. The average molecular weight is 347 g/mol. The van der Waals surface area contributed by atoms with Crippen LogP contribution in [0, 0.1) is 20.8 Å². The predicted molar refractivity (Wildman–Crippen MR) is 97.0 cm³/mol. The van der Waals surface area contributed by atoms with Gasteiger partial charge in [-0.2, -0.15) is 0 Å². The Morgan fingerprint density at radius 1 is 1.04 bits per heavy atom. The maximum atomic E-state index is 12.9. The Hall–Kier alpha value is -1.85. The number of nitrogens with one attached hydrogen (secondary N) is 1. The van der Waals surface area contributed by atoms with Crippen molar-refractivity contribution in [1.82, 2.24) is 4.72 Å². The SMILES string of the molecule is CC[C@@H](NS(=O)(=O)c1c(C)cc(OC)cc1C)c1ccc(C)cc1. The average Bonchev–Trinajstić information content (AvgIpc) is 2.52. The molecule has 4 nitrogen and oxygen atoms in total. The molecule has 0 saturated heterocycles. The van der Waals surface area contributed by atoms with Gasteiger partial charge in [-0.1, -0.05) is 36.8 Å². The number of hydrogen-bond donors (Lipinski definition) is 1. The molecule has 1 atom stereocenters. The Labute approximate surface area is 144 Å². The summed E-state index contributed by atoms with van der Waals surface area (Å²) in [6.07, 6.45) is 0.677. The molecule has 2 rings (SSSR count). The third-order valence-electron chi connectivity index (χ3n) is 4.12. The van der Waals surface area contributed by atoms with Gasteiger partial charge in [0, 0.05) is 6.04 Å². The number of aryl methyl sites for hydroxylation is 3. The van der Waals surface area contributed by atoms with Gasteiger partial charge in [-0.3, -0.25) is 0 Å². The molecule has 1 N–H and O–H groups in total. The highest BCUT2D eigenvalue weighted by atomic mass is 32.2. The highest BCUT2D eigenvalue weighted by molar-refractivity contribution is 7.89. The number of rotatable bonds is 6. The summed E-state index contributed by atoms with van der Waals surface area (Å²) in [4.78, 5) is 0.328. The summed E-state index contributed by atoms with van der Waals surface area (Å²) in [5.41, 5.74) is 3.48. The van der Waals surface area contributed by atoms with E-state index in [0.717, 1.165) is 11.1 Å². The van der Waals surface area contributed by atoms with Crippen LogP contribution in [-0.2, 0) is 10.0 Å². The van der Waals surface area contributed by atoms with Crippen LogP contribution >= 0.6 is 0 Å². The van der Waals surface area contributed by atoms with Crippen LogP contribution in [0.2, 0.25) is 0 Å². The van der Waals surface area contributed by atoms with Crippen molar-refractivity contribution in [2.45, 2.75) is 45.1 Å². The molecule has 0 aliphatic rings. The Kier molecular flexibility index (Phi) is 5.67. The molecule has 0 amide bonds. The van der Waals surface area contributed by atoms with Crippen molar-refractivity contribution >= 4 is 10.0 Å². The largest absolute Gasteiger partial charge is 0.497 e. The monoisotopic (exact) mass is 347 g/mol. The molecule has 0 heterocycles. The van der Waals surface area contributed by atoms with Crippen LogP contribution in [0.5, 0.6) is 5.75 Å². The molecule has 0 spiro atoms. The van der Waals surface area contributed by atoms with Gasteiger partial charge in [0.25, 0.3) is 0 Å². The molecule has 0 saturated carbocycles. The van der Waals surface area contributed by atoms with Crippen LogP contribution in [-0.4, -0.2) is 15.5 Å². The lowest BCUT2D eigenvalue weighted by Crippen LogP contribution is -2.29. The molecule has 24 heavy (non-hydrogen) atoms. The minimum absolute atomic E-state index is 0.253. The van der Waals surface area contributed by atoms with Gasteiger partial charge < -0.3 is 4.74 Å². The fraction of sp³-hybridized carbons (Fsp3) is 0.368. The normalized spacial score (nSPS) is 12.9. The quantitative estimate of drug-likeness (QED) is 0.858. The van der Waals surface area contributed by atoms with Gasteiger partial charge in [-0.15, -0.1) is 0 Å². The Balaban J connectivity index is 2.38. The van der Waals surface area contributed by atoms with Crippen LogP contribution in [0.25, 0.3) is 0 Å². The van der Waals surface area contributed by atoms with Crippen molar-refractivity contribution in [3.63, 3.8) is 0 Å². The first-order valence-electron chi connectivity index (χ1n) is 8.02. The minimum Gasteiger partial charge on any atom is -0.497 e. The smallest absolute Gasteiger partial charge is 0.241 e. The van der Waals surface area contributed by atoms with Gasteiger partial charge in [-0.05, 0) is 56.0 Å². The van der Waals surface area contributed by atoms with Gasteiger partial charge >= 0.3 is 0 Å². The predicted octanol–water partition coefficient (Wildman–Crippen LogP) is 4.05. The van der Waals surface area contributed by atoms with E-state index in [-0.39, 0.29) is 6.04 Å². The fourth-order valence-corrected chi connectivity index (χ4v) is 4.65. The number of benzene rings is 2. The van der Waals surface area contributed by atoms with E-state index >= 15 is 0 Å². The maximum absolute atomic E-state index is 12.9. The second-order valence-corrected chi connectivity index (χ2v) is 7.73. The van der Waals surface area contributed by atoms with E-state index in [1.54, 1.807) is 33.1 Å². The lowest BCUT2D eigenvalue weighted by Gasteiger charge is -2.20. The van der Waals surface area contributed by atoms with Crippen LogP contribution in [0.1, 0.15) is 41.6 Å². The highest BCUT2D eigenvalue weighted by Gasteiger charge is 2.24. The summed E-state index contributed by atoms with van der Waals surface area (Å²) >= 11 is 0. The second kappa shape index (κ2) is 7.36. The van der Waals surface area contributed by atoms with E-state index in [0.29, 0.717) is 28.2 Å². The summed E-state index contributed by atoms with van der Waals surface area (Å²) in [6, 6.07) is 11.2. The molecule has 2 aromatic carbocycles. The highest BCUT2D eigenvalue weighted by Crippen LogP contribution is 2.28. The molecular formula is C19H25NO3S. The molecule has 0 fully saturated rings. The van der Waals surface area contributed by atoms with Crippen molar-refractivity contribution in [3.05, 3.63) is 58.7 Å². The van der Waals surface area contributed by atoms with Crippen LogP contribution in [0.3, 0.4) is 0 Å². The third-order valence-corrected chi connectivity index (χ3v) is 5.90. The lowest BCUT2D eigenvalue weighted by molar-refractivity contribution is 0.413. The van der Waals surface area contributed by atoms with E-state index in [4.69, 9.17) is 4.74 Å². The van der Waals surface area contributed by atoms with Crippen LogP contribution in [0.4, 0.5) is 0 Å². The molecule has 0 aliphatic carbocycles. The van der Waals surface area contributed by atoms with Gasteiger partial charge in [0.05, 0.1) is 12.0 Å². The van der Waals surface area contributed by atoms with Crippen LogP contribution < -0.4 is 9.46 Å². The van der Waals surface area contributed by atoms with Crippen molar-refractivity contribution in [3.8, 4) is 5.75 Å². The zero-order chi connectivity index (χ0) is 17.9. The lowest BCUT2D eigenvalue weighted by atomic mass is 10.0. The first-order chi connectivity index (χ1) is 11.3. The minimum atomic E-state index is -3.62. The molecule has 0 bridgehead atoms. The first-order valence-corrected chi connectivity index (χ1v) is 9.51. The number of hydrogen-bond acceptors (Lipinski definition) is 3. The van der Waals surface area contributed by atoms with Gasteiger partial charge in [-0.25, -0.2) is 13.1 Å². The molecule has 2 aromatic rings. The molecule has 130 valence electrons. The molecular weight excluding hydrogens is 322 g/mol. The number of methoxy groups -OCH3 is 1. The van der Waals surface area contributed by atoms with Crippen molar-refractivity contribution in [1.29, 1.82) is 0 Å². The van der Waals surface area contributed by atoms with Crippen LogP contribution in [0.15, 0.2) is 41.3 Å². The van der Waals surface area contributed by atoms with E-state index in [1.165, 1.54) is 0 Å². The Bertz CT molecular complexity index is 788. The Morgan fingerprint density at radius 2 is 1.58 bits per heavy atom. The van der Waals surface area contributed by atoms with Gasteiger partial charge in [0.15, 0.2) is 0 Å². The van der Waals surface area contributed by atoms with Crippen molar-refractivity contribution in [2.75, 3.05) is 7.11 Å². The third kappa shape index (κ3) is 3.97. The maximum Gasteiger partial charge on any atom is 0.241 e. The topological polar surface area (TPSA) is 55.4 Å². The van der Waals surface area contributed by atoms with E-state index < -0.39 is 10.0 Å². The summed E-state index contributed by atoms with van der Waals surface area (Å²) in [7, 11) is -2.05. The molecule has 0 unspecified atom stereocenters. The number of ether oxygens (including phenoxy) is 1. The van der Waals surface area contributed by atoms with Crippen molar-refractivity contribution in [2.24, 2.45) is 0 Å². The standard InChI is InChI=1S/C19H25NO3S/c1-6-18(16-9-7-13(2)8-10-16)20-24(21,22)19-14(3)11-17(23-5)12-15(19)4/h7-12,18,20H,6H2,1-5H3/t18-/m1/s1. The molecule has 0 radical (unpaired) electrons. The van der Waals surface area contributed by atoms with E-state index in [9.17, 15) is 8.42 Å². The second-order valence-electron chi connectivity index (χ2n) is 6.08. The first kappa shape index (κ1) is 18.5. The summed E-state index contributed by atoms with van der Waals surface area (Å²) in [6.45, 7) is 7.56. The molecule has 5 heteroatoms. The Morgan fingerprint density at radius 3 is 2.04 bits per heavy atom. The van der Waals surface area contributed by atoms with E-state index in [2.05, 4.69) is 4.72 Å². The van der Waals surface area contributed by atoms with Gasteiger partial charge in [0.2, 0.25) is 10.0 Å². The molecule has 0 aliphatic heterocycles. The number of sulfonamides is 1. The molecule has 0 aromatic heterocycles. The summed E-state index contributed by atoms with van der Waals surface area (Å²) in [5.74, 6) is 0.662. The summed E-state index contributed by atoms with van der Waals surface area (Å²) in [5, 5.41) is 0. The zero-order valence-electron chi connectivity index (χ0n) is 14.9. The zero-order valence-corrected chi connectivity index (χ0v) is 15.7. The van der Waals surface area contributed by atoms with Gasteiger partial charge in [0.1, 0.15) is 5.75 Å². The summed E-state index contributed by atoms with van der Waals surface area (Å²) < 4.78 is 33.9. The van der Waals surface area contributed by atoms with Crippen molar-refractivity contribution < 1.29 is 13.2 Å². The van der Waals surface area contributed by atoms with E-state index in [1.807, 2.05) is 38.1 Å².